The second kappa shape index (κ2) is 7.90. The summed E-state index contributed by atoms with van der Waals surface area (Å²) in [4.78, 5) is 11.8. The van der Waals surface area contributed by atoms with E-state index >= 15 is 0 Å². The van der Waals surface area contributed by atoms with Gasteiger partial charge in [0.2, 0.25) is 0 Å². The fraction of sp³-hybridized carbons (Fsp3) is 0.562. The molecule has 0 spiro atoms. The Labute approximate surface area is 120 Å². The van der Waals surface area contributed by atoms with Gasteiger partial charge in [-0.15, -0.1) is 0 Å². The fourth-order valence-electron chi connectivity index (χ4n) is 1.94. The van der Waals surface area contributed by atoms with Crippen LogP contribution in [0.25, 0.3) is 0 Å². The van der Waals surface area contributed by atoms with Crippen molar-refractivity contribution in [1.82, 2.24) is 0 Å². The number of rotatable bonds is 7. The molecule has 1 N–H and O–H groups in total. The van der Waals surface area contributed by atoms with E-state index in [-0.39, 0.29) is 5.97 Å². The lowest BCUT2D eigenvalue weighted by Crippen LogP contribution is -2.29. The summed E-state index contributed by atoms with van der Waals surface area (Å²) in [6.45, 7) is 7.74. The third-order valence-electron chi connectivity index (χ3n) is 3.05. The molecule has 0 bridgehead atoms. The molecule has 0 aliphatic carbocycles. The fourth-order valence-corrected chi connectivity index (χ4v) is 1.94. The normalized spacial score (nSPS) is 13.7. The Kier molecular flexibility index (Phi) is 6.52. The third kappa shape index (κ3) is 4.53. The van der Waals surface area contributed by atoms with Crippen LogP contribution in [0.1, 0.15) is 50.8 Å². The van der Waals surface area contributed by atoms with Crippen molar-refractivity contribution in [1.29, 1.82) is 0 Å². The van der Waals surface area contributed by atoms with Gasteiger partial charge < -0.3 is 14.6 Å². The molecule has 4 heteroatoms. The standard InChI is InChI=1S/C16H24O4/c1-5-7-15(16(18)19-6-2)20-14-9-8-13(12(4)17)10-11(14)3/h8-10,12,15,17H,5-7H2,1-4H3. The quantitative estimate of drug-likeness (QED) is 0.779. The van der Waals surface area contributed by atoms with E-state index in [0.717, 1.165) is 17.5 Å². The number of carbonyl (C=O) groups excluding carboxylic acids is 1. The molecule has 0 amide bonds. The molecular formula is C16H24O4. The molecule has 1 rings (SSSR count). The summed E-state index contributed by atoms with van der Waals surface area (Å²) in [5, 5.41) is 9.55. The van der Waals surface area contributed by atoms with E-state index in [0.29, 0.717) is 18.8 Å². The second-order valence-corrected chi connectivity index (χ2v) is 4.85. The highest BCUT2D eigenvalue weighted by Gasteiger charge is 2.21. The molecule has 1 aromatic rings. The van der Waals surface area contributed by atoms with Crippen LogP contribution in [0.3, 0.4) is 0 Å². The number of carbonyl (C=O) groups is 1. The first kappa shape index (κ1) is 16.5. The summed E-state index contributed by atoms with van der Waals surface area (Å²) in [7, 11) is 0. The van der Waals surface area contributed by atoms with Crippen LogP contribution in [-0.4, -0.2) is 23.8 Å². The second-order valence-electron chi connectivity index (χ2n) is 4.85. The van der Waals surface area contributed by atoms with Gasteiger partial charge in [-0.25, -0.2) is 4.79 Å². The monoisotopic (exact) mass is 280 g/mol. The molecular weight excluding hydrogens is 256 g/mol. The predicted octanol–water partition coefficient (Wildman–Crippen LogP) is 3.16. The van der Waals surface area contributed by atoms with Gasteiger partial charge in [0, 0.05) is 0 Å². The molecule has 1 aromatic carbocycles. The topological polar surface area (TPSA) is 55.8 Å². The average Bonchev–Trinajstić information content (AvgIpc) is 2.40. The molecule has 0 radical (unpaired) electrons. The van der Waals surface area contributed by atoms with Crippen LogP contribution in [0.2, 0.25) is 0 Å². The number of esters is 1. The largest absolute Gasteiger partial charge is 0.478 e. The van der Waals surface area contributed by atoms with Gasteiger partial charge in [0.25, 0.3) is 0 Å². The van der Waals surface area contributed by atoms with E-state index in [1.165, 1.54) is 0 Å². The smallest absolute Gasteiger partial charge is 0.347 e. The highest BCUT2D eigenvalue weighted by Crippen LogP contribution is 2.24. The van der Waals surface area contributed by atoms with Gasteiger partial charge >= 0.3 is 5.97 Å². The highest BCUT2D eigenvalue weighted by molar-refractivity contribution is 5.75. The average molecular weight is 280 g/mol. The molecule has 2 atom stereocenters. The lowest BCUT2D eigenvalue weighted by molar-refractivity contribution is -0.151. The Balaban J connectivity index is 2.85. The van der Waals surface area contributed by atoms with Gasteiger partial charge in [-0.05, 0) is 50.5 Å². The zero-order valence-electron chi connectivity index (χ0n) is 12.7. The molecule has 0 saturated heterocycles. The number of hydrogen-bond donors (Lipinski definition) is 1. The van der Waals surface area contributed by atoms with Gasteiger partial charge in [0.1, 0.15) is 5.75 Å². The van der Waals surface area contributed by atoms with Crippen LogP contribution in [0.15, 0.2) is 18.2 Å². The lowest BCUT2D eigenvalue weighted by Gasteiger charge is -2.19. The Bertz CT molecular complexity index is 440. The van der Waals surface area contributed by atoms with Crippen LogP contribution < -0.4 is 4.74 Å². The number of aryl methyl sites for hydroxylation is 1. The van der Waals surface area contributed by atoms with Gasteiger partial charge in [0.05, 0.1) is 12.7 Å². The first-order valence-corrected chi connectivity index (χ1v) is 7.11. The molecule has 0 saturated carbocycles. The minimum absolute atomic E-state index is 0.326. The minimum Gasteiger partial charge on any atom is -0.478 e. The minimum atomic E-state index is -0.573. The van der Waals surface area contributed by atoms with E-state index < -0.39 is 12.2 Å². The number of hydrogen-bond acceptors (Lipinski definition) is 4. The summed E-state index contributed by atoms with van der Waals surface area (Å²) in [5.74, 6) is 0.328. The molecule has 112 valence electrons. The van der Waals surface area contributed by atoms with Crippen molar-refractivity contribution in [2.24, 2.45) is 0 Å². The van der Waals surface area contributed by atoms with Crippen LogP contribution in [-0.2, 0) is 9.53 Å². The van der Waals surface area contributed by atoms with Gasteiger partial charge in [0.15, 0.2) is 6.10 Å². The lowest BCUT2D eigenvalue weighted by atomic mass is 10.1. The molecule has 0 aromatic heterocycles. The maximum absolute atomic E-state index is 11.8. The van der Waals surface area contributed by atoms with Gasteiger partial charge in [-0.2, -0.15) is 0 Å². The third-order valence-corrected chi connectivity index (χ3v) is 3.05. The van der Waals surface area contributed by atoms with E-state index in [4.69, 9.17) is 9.47 Å². The van der Waals surface area contributed by atoms with Crippen molar-refractivity contribution >= 4 is 5.97 Å². The van der Waals surface area contributed by atoms with Gasteiger partial charge in [-0.1, -0.05) is 19.4 Å². The maximum atomic E-state index is 11.8. The van der Waals surface area contributed by atoms with E-state index in [1.807, 2.05) is 19.9 Å². The zero-order chi connectivity index (χ0) is 15.1. The van der Waals surface area contributed by atoms with Crippen molar-refractivity contribution in [3.8, 4) is 5.75 Å². The van der Waals surface area contributed by atoms with Crippen LogP contribution in [0.5, 0.6) is 5.75 Å². The molecule has 20 heavy (non-hydrogen) atoms. The van der Waals surface area contributed by atoms with Crippen molar-refractivity contribution in [3.05, 3.63) is 29.3 Å². The first-order valence-electron chi connectivity index (χ1n) is 7.11. The Morgan fingerprint density at radius 3 is 2.55 bits per heavy atom. The first-order chi connectivity index (χ1) is 9.49. The summed E-state index contributed by atoms with van der Waals surface area (Å²) < 4.78 is 10.8. The molecule has 2 unspecified atom stereocenters. The summed E-state index contributed by atoms with van der Waals surface area (Å²) >= 11 is 0. The zero-order valence-corrected chi connectivity index (χ0v) is 12.7. The summed E-state index contributed by atoms with van der Waals surface area (Å²) in [6, 6.07) is 5.47. The highest BCUT2D eigenvalue weighted by atomic mass is 16.6. The Hall–Kier alpha value is -1.55. The number of aliphatic hydroxyl groups is 1. The molecule has 0 fully saturated rings. The Morgan fingerprint density at radius 1 is 1.35 bits per heavy atom. The van der Waals surface area contributed by atoms with Crippen LogP contribution in [0.4, 0.5) is 0 Å². The number of aliphatic hydroxyl groups excluding tert-OH is 1. The number of ether oxygens (including phenoxy) is 2. The van der Waals surface area contributed by atoms with Crippen molar-refractivity contribution in [3.63, 3.8) is 0 Å². The molecule has 4 nitrogen and oxygen atoms in total. The summed E-state index contributed by atoms with van der Waals surface area (Å²) in [6.07, 6.45) is 0.375. The summed E-state index contributed by atoms with van der Waals surface area (Å²) in [5.41, 5.74) is 1.73. The van der Waals surface area contributed by atoms with Crippen LogP contribution >= 0.6 is 0 Å². The van der Waals surface area contributed by atoms with Crippen molar-refractivity contribution in [2.75, 3.05) is 6.61 Å². The van der Waals surface area contributed by atoms with Crippen molar-refractivity contribution < 1.29 is 19.4 Å². The molecule has 0 heterocycles. The maximum Gasteiger partial charge on any atom is 0.347 e. The molecule has 0 aliphatic heterocycles. The van der Waals surface area contributed by atoms with Gasteiger partial charge in [-0.3, -0.25) is 0 Å². The van der Waals surface area contributed by atoms with E-state index in [2.05, 4.69) is 0 Å². The number of benzene rings is 1. The SMILES string of the molecule is CCCC(Oc1ccc(C(C)O)cc1C)C(=O)OCC. The van der Waals surface area contributed by atoms with E-state index in [9.17, 15) is 9.90 Å². The molecule has 0 aliphatic rings. The van der Waals surface area contributed by atoms with Crippen LogP contribution in [0, 0.1) is 6.92 Å². The van der Waals surface area contributed by atoms with E-state index in [1.54, 1.807) is 26.0 Å². The van der Waals surface area contributed by atoms with Crippen molar-refractivity contribution in [2.45, 2.75) is 52.7 Å². The Morgan fingerprint density at radius 2 is 2.05 bits per heavy atom. The predicted molar refractivity (Wildman–Crippen MR) is 77.8 cm³/mol.